The predicted molar refractivity (Wildman–Crippen MR) is 92.0 cm³/mol. The summed E-state index contributed by atoms with van der Waals surface area (Å²) >= 11 is 0. The molecule has 5 rings (SSSR count). The van der Waals surface area contributed by atoms with E-state index >= 15 is 0 Å². The Bertz CT molecular complexity index is 929. The van der Waals surface area contributed by atoms with Crippen LogP contribution < -0.4 is 14.8 Å². The zero-order valence-electron chi connectivity index (χ0n) is 13.4. The molecule has 25 heavy (non-hydrogen) atoms. The monoisotopic (exact) mass is 336 g/mol. The first-order chi connectivity index (χ1) is 12.3. The molecule has 0 bridgehead atoms. The number of para-hydroxylation sites is 2. The minimum atomic E-state index is -0.119. The number of aromatic nitrogens is 2. The SMILES string of the molecule is O=C(Nc1ccc2c(c1)OCO2)N1CC(c2nc3ccccc3[nH]2)C1. The summed E-state index contributed by atoms with van der Waals surface area (Å²) in [6.45, 7) is 1.52. The third kappa shape index (κ3) is 2.44. The average Bonchev–Trinajstić information content (AvgIpc) is 3.18. The van der Waals surface area contributed by atoms with Gasteiger partial charge in [-0.15, -0.1) is 0 Å². The smallest absolute Gasteiger partial charge is 0.321 e. The molecule has 3 heterocycles. The highest BCUT2D eigenvalue weighted by Gasteiger charge is 2.34. The van der Waals surface area contributed by atoms with Crippen molar-refractivity contribution in [3.8, 4) is 11.5 Å². The Hall–Kier alpha value is -3.22. The van der Waals surface area contributed by atoms with Crippen LogP contribution in [0.15, 0.2) is 42.5 Å². The van der Waals surface area contributed by atoms with Gasteiger partial charge in [0, 0.05) is 24.8 Å². The molecule has 0 spiro atoms. The molecule has 2 aliphatic rings. The van der Waals surface area contributed by atoms with E-state index < -0.39 is 0 Å². The third-order valence-corrected chi connectivity index (χ3v) is 4.59. The van der Waals surface area contributed by atoms with Crippen molar-refractivity contribution < 1.29 is 14.3 Å². The average molecular weight is 336 g/mol. The Labute approximate surface area is 143 Å². The molecule has 1 aromatic heterocycles. The predicted octanol–water partition coefficient (Wildman–Crippen LogP) is 2.92. The number of amides is 2. The molecule has 2 amide bonds. The van der Waals surface area contributed by atoms with E-state index in [9.17, 15) is 4.79 Å². The van der Waals surface area contributed by atoms with E-state index in [-0.39, 0.29) is 18.7 Å². The first-order valence-electron chi connectivity index (χ1n) is 8.16. The van der Waals surface area contributed by atoms with Crippen LogP contribution in [0.2, 0.25) is 0 Å². The molecule has 0 aliphatic carbocycles. The fourth-order valence-electron chi connectivity index (χ4n) is 3.16. The van der Waals surface area contributed by atoms with Gasteiger partial charge in [0.1, 0.15) is 5.82 Å². The second kappa shape index (κ2) is 5.41. The lowest BCUT2D eigenvalue weighted by molar-refractivity contribution is 0.161. The largest absolute Gasteiger partial charge is 0.454 e. The van der Waals surface area contributed by atoms with Crippen molar-refractivity contribution in [2.75, 3.05) is 25.2 Å². The first-order valence-corrected chi connectivity index (χ1v) is 8.16. The number of benzene rings is 2. The van der Waals surface area contributed by atoms with E-state index in [0.29, 0.717) is 30.3 Å². The normalized spacial score (nSPS) is 16.1. The maximum Gasteiger partial charge on any atom is 0.321 e. The van der Waals surface area contributed by atoms with Gasteiger partial charge in [0.25, 0.3) is 0 Å². The number of nitrogens with one attached hydrogen (secondary N) is 2. The number of hydrogen-bond donors (Lipinski definition) is 2. The lowest BCUT2D eigenvalue weighted by Crippen LogP contribution is -2.50. The summed E-state index contributed by atoms with van der Waals surface area (Å²) in [4.78, 5) is 22.1. The molecule has 126 valence electrons. The number of nitrogens with zero attached hydrogens (tertiary/aromatic N) is 2. The van der Waals surface area contributed by atoms with Gasteiger partial charge in [0.05, 0.1) is 17.0 Å². The molecule has 1 saturated heterocycles. The second-order valence-corrected chi connectivity index (χ2v) is 6.24. The Balaban J connectivity index is 1.23. The minimum absolute atomic E-state index is 0.119. The fourth-order valence-corrected chi connectivity index (χ4v) is 3.16. The second-order valence-electron chi connectivity index (χ2n) is 6.24. The van der Waals surface area contributed by atoms with Gasteiger partial charge in [-0.25, -0.2) is 9.78 Å². The highest BCUT2D eigenvalue weighted by molar-refractivity contribution is 5.90. The molecule has 7 nitrogen and oxygen atoms in total. The van der Waals surface area contributed by atoms with E-state index in [2.05, 4.69) is 15.3 Å². The van der Waals surface area contributed by atoms with Crippen LogP contribution in [-0.4, -0.2) is 40.8 Å². The summed E-state index contributed by atoms with van der Waals surface area (Å²) in [5, 5.41) is 2.89. The van der Waals surface area contributed by atoms with Crippen LogP contribution in [0.3, 0.4) is 0 Å². The van der Waals surface area contributed by atoms with Crippen molar-refractivity contribution >= 4 is 22.8 Å². The quantitative estimate of drug-likeness (QED) is 0.754. The van der Waals surface area contributed by atoms with Crippen molar-refractivity contribution in [3.63, 3.8) is 0 Å². The van der Waals surface area contributed by atoms with E-state index in [1.54, 1.807) is 17.0 Å². The number of H-pyrrole nitrogens is 1. The molecule has 2 N–H and O–H groups in total. The lowest BCUT2D eigenvalue weighted by atomic mass is 10.0. The topological polar surface area (TPSA) is 79.5 Å². The van der Waals surface area contributed by atoms with E-state index in [4.69, 9.17) is 9.47 Å². The van der Waals surface area contributed by atoms with Gasteiger partial charge in [-0.2, -0.15) is 0 Å². The molecule has 3 aromatic rings. The van der Waals surface area contributed by atoms with Gasteiger partial charge >= 0.3 is 6.03 Å². The summed E-state index contributed by atoms with van der Waals surface area (Å²) in [6, 6.07) is 13.2. The Morgan fingerprint density at radius 1 is 1.16 bits per heavy atom. The Kier molecular flexibility index (Phi) is 3.06. The Morgan fingerprint density at radius 2 is 2.00 bits per heavy atom. The van der Waals surface area contributed by atoms with Crippen LogP contribution in [0.4, 0.5) is 10.5 Å². The maximum atomic E-state index is 12.4. The number of aromatic amines is 1. The number of rotatable bonds is 2. The molecule has 0 unspecified atom stereocenters. The minimum Gasteiger partial charge on any atom is -0.454 e. The highest BCUT2D eigenvalue weighted by atomic mass is 16.7. The number of likely N-dealkylation sites (tertiary alicyclic amines) is 1. The van der Waals surface area contributed by atoms with Gasteiger partial charge in [0.15, 0.2) is 11.5 Å². The summed E-state index contributed by atoms with van der Waals surface area (Å²) in [7, 11) is 0. The molecule has 2 aromatic carbocycles. The molecular formula is C18H16N4O3. The maximum absolute atomic E-state index is 12.4. The number of carbonyl (C=O) groups excluding carboxylic acids is 1. The van der Waals surface area contributed by atoms with Crippen LogP contribution >= 0.6 is 0 Å². The molecule has 7 heteroatoms. The van der Waals surface area contributed by atoms with Gasteiger partial charge in [-0.3, -0.25) is 0 Å². The lowest BCUT2D eigenvalue weighted by Gasteiger charge is -2.37. The van der Waals surface area contributed by atoms with Crippen molar-refractivity contribution in [2.45, 2.75) is 5.92 Å². The van der Waals surface area contributed by atoms with Crippen LogP contribution in [-0.2, 0) is 0 Å². The van der Waals surface area contributed by atoms with E-state index in [0.717, 1.165) is 16.9 Å². The number of carbonyl (C=O) groups is 1. The van der Waals surface area contributed by atoms with Gasteiger partial charge in [-0.05, 0) is 24.3 Å². The van der Waals surface area contributed by atoms with Crippen LogP contribution in [0, 0.1) is 0 Å². The highest BCUT2D eigenvalue weighted by Crippen LogP contribution is 2.34. The number of imidazole rings is 1. The molecule has 0 atom stereocenters. The molecule has 2 aliphatic heterocycles. The first kappa shape index (κ1) is 14.2. The number of urea groups is 1. The summed E-state index contributed by atoms with van der Waals surface area (Å²) in [5.41, 5.74) is 2.68. The number of hydrogen-bond acceptors (Lipinski definition) is 4. The Morgan fingerprint density at radius 3 is 2.88 bits per heavy atom. The summed E-state index contributed by atoms with van der Waals surface area (Å²) in [6.07, 6.45) is 0. The van der Waals surface area contributed by atoms with Crippen molar-refractivity contribution in [2.24, 2.45) is 0 Å². The molecule has 1 fully saturated rings. The molecular weight excluding hydrogens is 320 g/mol. The number of ether oxygens (including phenoxy) is 2. The van der Waals surface area contributed by atoms with Crippen LogP contribution in [0.5, 0.6) is 11.5 Å². The summed E-state index contributed by atoms with van der Waals surface area (Å²) < 4.78 is 10.6. The molecule has 0 saturated carbocycles. The van der Waals surface area contributed by atoms with Gasteiger partial charge < -0.3 is 24.7 Å². The van der Waals surface area contributed by atoms with E-state index in [1.807, 2.05) is 30.3 Å². The summed E-state index contributed by atoms with van der Waals surface area (Å²) in [5.74, 6) is 2.54. The van der Waals surface area contributed by atoms with E-state index in [1.165, 1.54) is 0 Å². The fraction of sp³-hybridized carbons (Fsp3) is 0.222. The number of anilines is 1. The van der Waals surface area contributed by atoms with Gasteiger partial charge in [0.2, 0.25) is 6.79 Å². The van der Waals surface area contributed by atoms with Crippen LogP contribution in [0.25, 0.3) is 11.0 Å². The third-order valence-electron chi connectivity index (χ3n) is 4.59. The zero-order chi connectivity index (χ0) is 16.8. The number of fused-ring (bicyclic) bond motifs is 2. The van der Waals surface area contributed by atoms with Crippen molar-refractivity contribution in [1.29, 1.82) is 0 Å². The van der Waals surface area contributed by atoms with Crippen molar-refractivity contribution in [1.82, 2.24) is 14.9 Å². The molecule has 0 radical (unpaired) electrons. The van der Waals surface area contributed by atoms with Crippen LogP contribution in [0.1, 0.15) is 11.7 Å². The zero-order valence-corrected chi connectivity index (χ0v) is 13.4. The van der Waals surface area contributed by atoms with Gasteiger partial charge in [-0.1, -0.05) is 12.1 Å². The van der Waals surface area contributed by atoms with Crippen molar-refractivity contribution in [3.05, 3.63) is 48.3 Å². The standard InChI is InChI=1S/C18H16N4O3/c23-18(19-12-5-6-15-16(7-12)25-10-24-15)22-8-11(9-22)17-20-13-3-1-2-4-14(13)21-17/h1-7,11H,8-10H2,(H,19,23)(H,20,21).